The Hall–Kier alpha value is -1.54. The zero-order valence-electron chi connectivity index (χ0n) is 13.5. The van der Waals surface area contributed by atoms with Crippen molar-refractivity contribution in [2.24, 2.45) is 10.7 Å². The third-order valence-electron chi connectivity index (χ3n) is 3.19. The van der Waals surface area contributed by atoms with Crippen molar-refractivity contribution in [2.45, 2.75) is 13.0 Å². The molecule has 0 aromatic heterocycles. The summed E-state index contributed by atoms with van der Waals surface area (Å²) in [5, 5.41) is 5.33. The van der Waals surface area contributed by atoms with Crippen molar-refractivity contribution >= 4 is 40.7 Å². The van der Waals surface area contributed by atoms with Crippen molar-refractivity contribution in [2.75, 3.05) is 26.9 Å². The topological polar surface area (TPSA) is 68.9 Å². The fourth-order valence-corrected chi connectivity index (χ4v) is 2.23. The van der Waals surface area contributed by atoms with Gasteiger partial charge in [-0.1, -0.05) is 36.4 Å². The second-order valence-electron chi connectivity index (χ2n) is 5.09. The number of nitrogens with two attached hydrogens (primary N) is 1. The number of ether oxygens (including phenoxy) is 2. The van der Waals surface area contributed by atoms with E-state index in [4.69, 9.17) is 15.2 Å². The molecule has 1 atom stereocenters. The van der Waals surface area contributed by atoms with Crippen LogP contribution < -0.4 is 15.8 Å². The molecule has 23 heavy (non-hydrogen) atoms. The Morgan fingerprint density at radius 3 is 2.74 bits per heavy atom. The van der Waals surface area contributed by atoms with Gasteiger partial charge in [-0.05, 0) is 18.4 Å². The first kappa shape index (κ1) is 19.5. The van der Waals surface area contributed by atoms with Crippen LogP contribution in [0.4, 0.5) is 0 Å². The summed E-state index contributed by atoms with van der Waals surface area (Å²) in [7, 11) is 1.66. The van der Waals surface area contributed by atoms with Crippen LogP contribution in [0, 0.1) is 0 Å². The van der Waals surface area contributed by atoms with Crippen LogP contribution in [0.5, 0.6) is 5.75 Å². The van der Waals surface area contributed by atoms with E-state index in [0.29, 0.717) is 25.7 Å². The zero-order valence-corrected chi connectivity index (χ0v) is 15.8. The van der Waals surface area contributed by atoms with Gasteiger partial charge in [-0.3, -0.25) is 0 Å². The Morgan fingerprint density at radius 1 is 1.22 bits per heavy atom. The molecule has 0 aliphatic rings. The van der Waals surface area contributed by atoms with E-state index in [1.807, 2.05) is 31.2 Å². The quantitative estimate of drug-likeness (QED) is 0.308. The number of hydrogen-bond acceptors (Lipinski definition) is 3. The number of guanidine groups is 1. The molecule has 0 spiro atoms. The van der Waals surface area contributed by atoms with Crippen molar-refractivity contribution in [3.63, 3.8) is 0 Å². The predicted octanol–water partition coefficient (Wildman–Crippen LogP) is 2.78. The van der Waals surface area contributed by atoms with E-state index < -0.39 is 0 Å². The molecule has 0 fully saturated rings. The summed E-state index contributed by atoms with van der Waals surface area (Å²) in [4.78, 5) is 4.24. The molecule has 3 N–H and O–H groups in total. The first-order valence-electron chi connectivity index (χ1n) is 7.36. The molecule has 1 unspecified atom stereocenters. The highest BCUT2D eigenvalue weighted by Crippen LogP contribution is 2.24. The fourth-order valence-electron chi connectivity index (χ4n) is 2.23. The maximum absolute atomic E-state index is 5.81. The lowest BCUT2D eigenvalue weighted by Crippen LogP contribution is -2.40. The molecule has 0 saturated heterocycles. The van der Waals surface area contributed by atoms with E-state index in [9.17, 15) is 0 Å². The predicted molar refractivity (Wildman–Crippen MR) is 106 cm³/mol. The van der Waals surface area contributed by atoms with Gasteiger partial charge >= 0.3 is 0 Å². The van der Waals surface area contributed by atoms with Gasteiger partial charge in [0.25, 0.3) is 0 Å². The molecule has 0 saturated carbocycles. The van der Waals surface area contributed by atoms with E-state index in [1.165, 1.54) is 0 Å². The summed E-state index contributed by atoms with van der Waals surface area (Å²) in [5.41, 5.74) is 5.80. The van der Waals surface area contributed by atoms with Gasteiger partial charge in [0.2, 0.25) is 0 Å². The monoisotopic (exact) mass is 429 g/mol. The Bertz CT molecular complexity index is 629. The molecule has 0 bridgehead atoms. The van der Waals surface area contributed by atoms with Crippen LogP contribution in [-0.4, -0.2) is 38.9 Å². The molecule has 2 aromatic carbocycles. The summed E-state index contributed by atoms with van der Waals surface area (Å²) in [6.45, 7) is 3.55. The van der Waals surface area contributed by atoms with Crippen LogP contribution in [-0.2, 0) is 4.74 Å². The smallest absolute Gasteiger partial charge is 0.188 e. The van der Waals surface area contributed by atoms with Gasteiger partial charge in [0.1, 0.15) is 12.4 Å². The minimum absolute atomic E-state index is 0. The van der Waals surface area contributed by atoms with Gasteiger partial charge in [-0.2, -0.15) is 0 Å². The molecule has 0 aliphatic heterocycles. The molecule has 126 valence electrons. The van der Waals surface area contributed by atoms with Gasteiger partial charge in [-0.15, -0.1) is 24.0 Å². The van der Waals surface area contributed by atoms with Gasteiger partial charge < -0.3 is 20.5 Å². The Kier molecular flexibility index (Phi) is 8.71. The standard InChI is InChI=1S/C17H23N3O2.HI/c1-13(12-21-2)20-17(18)19-10-11-22-16-9-5-7-14-6-3-4-8-15(14)16;/h3-9,13H,10-12H2,1-2H3,(H3,18,19,20);1H. The lowest BCUT2D eigenvalue weighted by Gasteiger charge is -2.13. The number of rotatable bonds is 7. The molecule has 5 nitrogen and oxygen atoms in total. The molecule has 0 heterocycles. The third kappa shape index (κ3) is 6.23. The highest BCUT2D eigenvalue weighted by Gasteiger charge is 2.02. The lowest BCUT2D eigenvalue weighted by atomic mass is 10.1. The summed E-state index contributed by atoms with van der Waals surface area (Å²) in [6.07, 6.45) is 0. The van der Waals surface area contributed by atoms with Crippen LogP contribution >= 0.6 is 24.0 Å². The first-order valence-corrected chi connectivity index (χ1v) is 7.36. The molecular formula is C17H24IN3O2. The Morgan fingerprint density at radius 2 is 1.96 bits per heavy atom. The number of methoxy groups -OCH3 is 1. The molecule has 6 heteroatoms. The first-order chi connectivity index (χ1) is 10.7. The highest BCUT2D eigenvalue weighted by molar-refractivity contribution is 14.0. The maximum atomic E-state index is 5.81. The second-order valence-corrected chi connectivity index (χ2v) is 5.09. The summed E-state index contributed by atoms with van der Waals surface area (Å²) < 4.78 is 10.8. The number of aliphatic imine (C=N–C) groups is 1. The van der Waals surface area contributed by atoms with Gasteiger partial charge in [0, 0.05) is 18.5 Å². The number of fused-ring (bicyclic) bond motifs is 1. The number of halogens is 1. The van der Waals surface area contributed by atoms with Crippen LogP contribution in [0.25, 0.3) is 10.8 Å². The SMILES string of the molecule is COCC(C)NC(N)=NCCOc1cccc2ccccc12.I. The van der Waals surface area contributed by atoms with Crippen LogP contribution in [0.15, 0.2) is 47.5 Å². The molecule has 0 aliphatic carbocycles. The number of benzene rings is 2. The average molecular weight is 429 g/mol. The second kappa shape index (κ2) is 10.3. The van der Waals surface area contributed by atoms with Crippen molar-refractivity contribution in [3.8, 4) is 5.75 Å². The van der Waals surface area contributed by atoms with Gasteiger partial charge in [-0.25, -0.2) is 4.99 Å². The normalized spacial score (nSPS) is 12.5. The molecule has 2 rings (SSSR count). The van der Waals surface area contributed by atoms with Crippen LogP contribution in [0.1, 0.15) is 6.92 Å². The van der Waals surface area contributed by atoms with Crippen molar-refractivity contribution < 1.29 is 9.47 Å². The number of hydrogen-bond donors (Lipinski definition) is 2. The largest absolute Gasteiger partial charge is 0.491 e. The van der Waals surface area contributed by atoms with E-state index in [0.717, 1.165) is 16.5 Å². The molecule has 0 radical (unpaired) electrons. The van der Waals surface area contributed by atoms with E-state index in [-0.39, 0.29) is 30.0 Å². The van der Waals surface area contributed by atoms with Crippen LogP contribution in [0.2, 0.25) is 0 Å². The maximum Gasteiger partial charge on any atom is 0.188 e. The Balaban J connectivity index is 0.00000264. The summed E-state index contributed by atoms with van der Waals surface area (Å²) >= 11 is 0. The number of nitrogens with zero attached hydrogens (tertiary/aromatic N) is 1. The van der Waals surface area contributed by atoms with Crippen molar-refractivity contribution in [3.05, 3.63) is 42.5 Å². The molecular weight excluding hydrogens is 405 g/mol. The molecule has 0 amide bonds. The van der Waals surface area contributed by atoms with Gasteiger partial charge in [0.05, 0.1) is 13.2 Å². The Labute approximate surface area is 154 Å². The number of nitrogens with one attached hydrogen (secondary N) is 1. The van der Waals surface area contributed by atoms with E-state index in [2.05, 4.69) is 28.5 Å². The summed E-state index contributed by atoms with van der Waals surface area (Å²) in [5.74, 6) is 1.28. The highest BCUT2D eigenvalue weighted by atomic mass is 127. The van der Waals surface area contributed by atoms with Gasteiger partial charge in [0.15, 0.2) is 5.96 Å². The molecule has 2 aromatic rings. The van der Waals surface area contributed by atoms with E-state index in [1.54, 1.807) is 7.11 Å². The zero-order chi connectivity index (χ0) is 15.8. The third-order valence-corrected chi connectivity index (χ3v) is 3.19. The summed E-state index contributed by atoms with van der Waals surface area (Å²) in [6, 6.07) is 14.3. The fraction of sp³-hybridized carbons (Fsp3) is 0.353. The average Bonchev–Trinajstić information content (AvgIpc) is 2.52. The lowest BCUT2D eigenvalue weighted by molar-refractivity contribution is 0.179. The van der Waals surface area contributed by atoms with Crippen molar-refractivity contribution in [1.29, 1.82) is 0 Å². The van der Waals surface area contributed by atoms with E-state index >= 15 is 0 Å². The minimum atomic E-state index is 0. The minimum Gasteiger partial charge on any atom is -0.491 e. The van der Waals surface area contributed by atoms with Crippen molar-refractivity contribution in [1.82, 2.24) is 5.32 Å². The van der Waals surface area contributed by atoms with Crippen LogP contribution in [0.3, 0.4) is 0 Å².